The van der Waals surface area contributed by atoms with Crippen molar-refractivity contribution in [2.45, 2.75) is 18.2 Å². The van der Waals surface area contributed by atoms with Crippen LogP contribution in [0.3, 0.4) is 0 Å². The van der Waals surface area contributed by atoms with Gasteiger partial charge in [0.25, 0.3) is 10.0 Å². The van der Waals surface area contributed by atoms with E-state index in [-0.39, 0.29) is 20.6 Å². The number of anilines is 1. The van der Waals surface area contributed by atoms with E-state index in [1.807, 2.05) is 6.92 Å². The number of sulfonamides is 1. The van der Waals surface area contributed by atoms with Gasteiger partial charge >= 0.3 is 5.97 Å². The highest BCUT2D eigenvalue weighted by molar-refractivity contribution is 7.92. The number of halogens is 2. The van der Waals surface area contributed by atoms with Crippen molar-refractivity contribution < 1.29 is 18.3 Å². The van der Waals surface area contributed by atoms with Crippen molar-refractivity contribution in [2.24, 2.45) is 0 Å². The summed E-state index contributed by atoms with van der Waals surface area (Å²) in [6.45, 7) is 1.27. The number of rotatable bonds is 6. The Balaban J connectivity index is 2.52. The van der Waals surface area contributed by atoms with E-state index in [9.17, 15) is 13.2 Å². The summed E-state index contributed by atoms with van der Waals surface area (Å²) in [4.78, 5) is 11.0. The third kappa shape index (κ3) is 4.01. The fourth-order valence-corrected chi connectivity index (χ4v) is 3.90. The second-order valence-corrected chi connectivity index (χ2v) is 7.68. The van der Waals surface area contributed by atoms with Crippen LogP contribution in [-0.4, -0.2) is 26.0 Å². The largest absolute Gasteiger partial charge is 0.480 e. The van der Waals surface area contributed by atoms with Crippen LogP contribution in [-0.2, 0) is 21.2 Å². The minimum atomic E-state index is -4.10. The molecule has 0 aliphatic rings. The minimum Gasteiger partial charge on any atom is -0.480 e. The van der Waals surface area contributed by atoms with Crippen molar-refractivity contribution in [1.29, 1.82) is 0 Å². The third-order valence-electron chi connectivity index (χ3n) is 3.39. The standard InChI is InChI=1S/C16H15Cl2NO4S/c1-2-11-3-5-12(6-4-11)19(10-16(20)21)24(22,23)13-7-8-14(17)15(18)9-13/h3-9H,2,10H2,1H3,(H,20,21). The maximum absolute atomic E-state index is 12.8. The first-order chi connectivity index (χ1) is 11.3. The molecule has 0 amide bonds. The lowest BCUT2D eigenvalue weighted by atomic mass is 10.1. The topological polar surface area (TPSA) is 74.7 Å². The Morgan fingerprint density at radius 2 is 1.71 bits per heavy atom. The van der Waals surface area contributed by atoms with Crippen LogP contribution in [0, 0.1) is 0 Å². The van der Waals surface area contributed by atoms with Crippen molar-refractivity contribution >= 4 is 44.9 Å². The van der Waals surface area contributed by atoms with Crippen molar-refractivity contribution in [1.82, 2.24) is 0 Å². The zero-order valence-electron chi connectivity index (χ0n) is 12.7. The quantitative estimate of drug-likeness (QED) is 0.816. The molecule has 2 aromatic rings. The number of benzene rings is 2. The first-order valence-corrected chi connectivity index (χ1v) is 9.24. The smallest absolute Gasteiger partial charge is 0.324 e. The van der Waals surface area contributed by atoms with Crippen LogP contribution in [0.25, 0.3) is 0 Å². The second-order valence-electron chi connectivity index (χ2n) is 5.00. The van der Waals surface area contributed by atoms with Crippen molar-refractivity contribution in [3.05, 3.63) is 58.1 Å². The summed E-state index contributed by atoms with van der Waals surface area (Å²) in [5.41, 5.74) is 1.28. The molecule has 0 atom stereocenters. The molecule has 0 spiro atoms. The van der Waals surface area contributed by atoms with Crippen LogP contribution in [0.1, 0.15) is 12.5 Å². The van der Waals surface area contributed by atoms with E-state index in [4.69, 9.17) is 28.3 Å². The van der Waals surface area contributed by atoms with Crippen LogP contribution in [0.5, 0.6) is 0 Å². The predicted octanol–water partition coefficient (Wildman–Crippen LogP) is 3.84. The van der Waals surface area contributed by atoms with Crippen molar-refractivity contribution in [2.75, 3.05) is 10.8 Å². The van der Waals surface area contributed by atoms with E-state index in [1.165, 1.54) is 18.2 Å². The van der Waals surface area contributed by atoms with Gasteiger partial charge in [-0.05, 0) is 42.3 Å². The molecule has 5 nitrogen and oxygen atoms in total. The van der Waals surface area contributed by atoms with E-state index in [1.54, 1.807) is 24.3 Å². The van der Waals surface area contributed by atoms with Gasteiger partial charge in [-0.25, -0.2) is 8.42 Å². The molecule has 24 heavy (non-hydrogen) atoms. The third-order valence-corrected chi connectivity index (χ3v) is 5.90. The molecule has 0 heterocycles. The Morgan fingerprint density at radius 3 is 2.21 bits per heavy atom. The number of aryl methyl sites for hydroxylation is 1. The van der Waals surface area contributed by atoms with Crippen LogP contribution in [0.2, 0.25) is 10.0 Å². The molecule has 0 aliphatic carbocycles. The van der Waals surface area contributed by atoms with Crippen molar-refractivity contribution in [3.63, 3.8) is 0 Å². The summed E-state index contributed by atoms with van der Waals surface area (Å²) in [6.07, 6.45) is 0.790. The van der Waals surface area contributed by atoms with Crippen LogP contribution >= 0.6 is 23.2 Å². The maximum Gasteiger partial charge on any atom is 0.324 e. The Kier molecular flexibility index (Phi) is 5.74. The normalized spacial score (nSPS) is 11.3. The molecule has 0 saturated heterocycles. The van der Waals surface area contributed by atoms with E-state index < -0.39 is 22.5 Å². The number of aliphatic carboxylic acids is 1. The summed E-state index contributed by atoms with van der Waals surface area (Å²) in [5.74, 6) is -1.27. The SMILES string of the molecule is CCc1ccc(N(CC(=O)O)S(=O)(=O)c2ccc(Cl)c(Cl)c2)cc1. The van der Waals surface area contributed by atoms with Gasteiger partial charge in [0.1, 0.15) is 6.54 Å². The average molecular weight is 388 g/mol. The van der Waals surface area contributed by atoms with Crippen molar-refractivity contribution in [3.8, 4) is 0 Å². The molecule has 8 heteroatoms. The fourth-order valence-electron chi connectivity index (χ4n) is 2.10. The molecule has 2 rings (SSSR count). The van der Waals surface area contributed by atoms with Gasteiger partial charge in [0.05, 0.1) is 20.6 Å². The van der Waals surface area contributed by atoms with Gasteiger partial charge in [-0.2, -0.15) is 0 Å². The van der Waals surface area contributed by atoms with Crippen LogP contribution < -0.4 is 4.31 Å². The molecular formula is C16H15Cl2NO4S. The zero-order valence-corrected chi connectivity index (χ0v) is 15.1. The molecular weight excluding hydrogens is 373 g/mol. The van der Waals surface area contributed by atoms with Gasteiger partial charge in [-0.15, -0.1) is 0 Å². The lowest BCUT2D eigenvalue weighted by molar-refractivity contribution is -0.135. The lowest BCUT2D eigenvalue weighted by Gasteiger charge is -2.23. The molecule has 0 aromatic heterocycles. The minimum absolute atomic E-state index is 0.0781. The highest BCUT2D eigenvalue weighted by Gasteiger charge is 2.27. The number of carboxylic acids is 1. The monoisotopic (exact) mass is 387 g/mol. The molecule has 1 N–H and O–H groups in total. The molecule has 0 saturated carbocycles. The van der Waals surface area contributed by atoms with Gasteiger partial charge in [0.15, 0.2) is 0 Å². The van der Waals surface area contributed by atoms with Crippen LogP contribution in [0.4, 0.5) is 5.69 Å². The molecule has 0 fully saturated rings. The van der Waals surface area contributed by atoms with Crippen LogP contribution in [0.15, 0.2) is 47.4 Å². The maximum atomic E-state index is 12.8. The summed E-state index contributed by atoms with van der Waals surface area (Å²) in [5, 5.41) is 9.40. The van der Waals surface area contributed by atoms with Gasteiger partial charge in [0.2, 0.25) is 0 Å². The number of carboxylic acid groups (broad SMARTS) is 1. The van der Waals surface area contributed by atoms with E-state index >= 15 is 0 Å². The van der Waals surface area contributed by atoms with Gasteiger partial charge < -0.3 is 5.11 Å². The number of carbonyl (C=O) groups is 1. The predicted molar refractivity (Wildman–Crippen MR) is 94.4 cm³/mol. The fraction of sp³-hybridized carbons (Fsp3) is 0.188. The first-order valence-electron chi connectivity index (χ1n) is 7.04. The summed E-state index contributed by atoms with van der Waals surface area (Å²) in [7, 11) is -4.10. The first kappa shape index (κ1) is 18.6. The van der Waals surface area contributed by atoms with E-state index in [2.05, 4.69) is 0 Å². The molecule has 0 radical (unpaired) electrons. The Labute approximate surface area is 150 Å². The highest BCUT2D eigenvalue weighted by Crippen LogP contribution is 2.29. The number of nitrogens with zero attached hydrogens (tertiary/aromatic N) is 1. The van der Waals surface area contributed by atoms with Gasteiger partial charge in [0, 0.05) is 0 Å². The van der Waals surface area contributed by atoms with Gasteiger partial charge in [-0.1, -0.05) is 42.3 Å². The van der Waals surface area contributed by atoms with Gasteiger partial charge in [-0.3, -0.25) is 9.10 Å². The Hall–Kier alpha value is -1.76. The number of hydrogen-bond donors (Lipinski definition) is 1. The molecule has 128 valence electrons. The number of hydrogen-bond acceptors (Lipinski definition) is 3. The Morgan fingerprint density at radius 1 is 1.08 bits per heavy atom. The van der Waals surface area contributed by atoms with E-state index in [0.717, 1.165) is 16.3 Å². The average Bonchev–Trinajstić information content (AvgIpc) is 2.55. The summed E-state index contributed by atoms with van der Waals surface area (Å²) < 4.78 is 26.5. The molecule has 0 aliphatic heterocycles. The zero-order chi connectivity index (χ0) is 17.9. The lowest BCUT2D eigenvalue weighted by Crippen LogP contribution is -2.35. The highest BCUT2D eigenvalue weighted by atomic mass is 35.5. The molecule has 0 unspecified atom stereocenters. The Bertz CT molecular complexity index is 851. The summed E-state index contributed by atoms with van der Waals surface area (Å²) in [6, 6.07) is 10.5. The summed E-state index contributed by atoms with van der Waals surface area (Å²) >= 11 is 11.7. The second kappa shape index (κ2) is 7.42. The molecule has 2 aromatic carbocycles. The molecule has 0 bridgehead atoms. The van der Waals surface area contributed by atoms with E-state index in [0.29, 0.717) is 0 Å².